The zero-order valence-electron chi connectivity index (χ0n) is 26.3. The number of benzene rings is 1. The molecular formula is C32H36BN7O5. The number of ether oxygens (including phenoxy) is 1. The van der Waals surface area contributed by atoms with Gasteiger partial charge in [0.1, 0.15) is 44.6 Å². The molecule has 1 aromatic carbocycles. The number of fused-ring (bicyclic) bond motifs is 1. The number of aromatic nitrogens is 5. The van der Waals surface area contributed by atoms with Gasteiger partial charge in [-0.15, -0.1) is 0 Å². The topological polar surface area (TPSA) is 149 Å². The molecule has 12 nitrogen and oxygen atoms in total. The number of rotatable bonds is 8. The molecule has 4 heterocycles. The first-order valence-electron chi connectivity index (χ1n) is 14.5. The molecule has 1 amide bonds. The molecule has 0 bridgehead atoms. The number of aldehydes is 1. The third kappa shape index (κ3) is 7.78. The van der Waals surface area contributed by atoms with Gasteiger partial charge in [-0.3, -0.25) is 19.1 Å². The highest BCUT2D eigenvalue weighted by Crippen LogP contribution is 2.31. The van der Waals surface area contributed by atoms with Crippen LogP contribution in [-0.2, 0) is 32.3 Å². The summed E-state index contributed by atoms with van der Waals surface area (Å²) >= 11 is 0. The van der Waals surface area contributed by atoms with Gasteiger partial charge in [0.2, 0.25) is 5.91 Å². The fourth-order valence-corrected chi connectivity index (χ4v) is 5.29. The standard InChI is InChI=1S/C25H27N5O5.C7H9BN2/c1-14-5-21(12-31)29(10-14)23(34)11-30-25-19(13-35-17(4)33)6-18(20-8-26-16(3)27-9-20)7-22(25)24(28-30)15(2)32;1-5-3-4-6(8)10-7(5)9-2/h6-9,12,14,21H,5,10-11,13H2,1-4H3;3-4H,1-2H3,(H,9,10). The summed E-state index contributed by atoms with van der Waals surface area (Å²) in [5.41, 5.74) is 4.42. The molecule has 1 aliphatic rings. The highest BCUT2D eigenvalue weighted by molar-refractivity contribution is 6.30. The van der Waals surface area contributed by atoms with Gasteiger partial charge in [0, 0.05) is 56.3 Å². The molecule has 1 saturated heterocycles. The van der Waals surface area contributed by atoms with Crippen LogP contribution < -0.4 is 10.9 Å². The Labute approximate surface area is 263 Å². The molecule has 3 aromatic heterocycles. The van der Waals surface area contributed by atoms with Crippen molar-refractivity contribution in [3.05, 3.63) is 59.3 Å². The van der Waals surface area contributed by atoms with Crippen LogP contribution in [0.5, 0.6) is 0 Å². The summed E-state index contributed by atoms with van der Waals surface area (Å²) < 4.78 is 6.75. The molecule has 232 valence electrons. The minimum absolute atomic E-state index is 0.0681. The summed E-state index contributed by atoms with van der Waals surface area (Å²) in [6.45, 7) is 8.74. The van der Waals surface area contributed by atoms with Crippen molar-refractivity contribution < 1.29 is 23.9 Å². The Morgan fingerprint density at radius 3 is 2.42 bits per heavy atom. The van der Waals surface area contributed by atoms with Crippen molar-refractivity contribution in [1.82, 2.24) is 29.6 Å². The molecule has 13 heteroatoms. The lowest BCUT2D eigenvalue weighted by Crippen LogP contribution is -2.39. The second-order valence-electron chi connectivity index (χ2n) is 11.1. The quantitative estimate of drug-likeness (QED) is 0.137. The van der Waals surface area contributed by atoms with Crippen molar-refractivity contribution in [2.45, 2.75) is 60.2 Å². The Morgan fingerprint density at radius 1 is 1.11 bits per heavy atom. The van der Waals surface area contributed by atoms with Crippen LogP contribution in [0.1, 0.15) is 54.6 Å². The number of pyridine rings is 1. The van der Waals surface area contributed by atoms with Gasteiger partial charge in [0.25, 0.3) is 0 Å². The van der Waals surface area contributed by atoms with Gasteiger partial charge >= 0.3 is 5.97 Å². The van der Waals surface area contributed by atoms with Gasteiger partial charge in [-0.05, 0) is 55.0 Å². The largest absolute Gasteiger partial charge is 0.461 e. The number of amides is 1. The zero-order valence-corrected chi connectivity index (χ0v) is 26.3. The Morgan fingerprint density at radius 2 is 1.82 bits per heavy atom. The Hall–Kier alpha value is -4.94. The van der Waals surface area contributed by atoms with E-state index < -0.39 is 12.0 Å². The SMILES string of the molecule is CC(=O)OCc1cc(-c2cnc(C)nc2)cc2c(C(C)=O)nn(CC(=O)N3CC(C)CC3C=O)c12.[B]c1ccc(C)c(NC)n1. The van der Waals surface area contributed by atoms with E-state index in [1.165, 1.54) is 18.5 Å². The van der Waals surface area contributed by atoms with Crippen LogP contribution in [0.25, 0.3) is 22.0 Å². The van der Waals surface area contributed by atoms with Crippen molar-refractivity contribution in [3.8, 4) is 11.1 Å². The molecule has 1 N–H and O–H groups in total. The molecule has 2 unspecified atom stereocenters. The maximum absolute atomic E-state index is 13.2. The third-order valence-electron chi connectivity index (χ3n) is 7.47. The lowest BCUT2D eigenvalue weighted by atomic mass is 10.0. The van der Waals surface area contributed by atoms with E-state index in [0.29, 0.717) is 40.8 Å². The predicted octanol–water partition coefficient (Wildman–Crippen LogP) is 2.73. The van der Waals surface area contributed by atoms with Crippen LogP contribution in [0.4, 0.5) is 5.82 Å². The molecule has 0 saturated carbocycles. The predicted molar refractivity (Wildman–Crippen MR) is 170 cm³/mol. The van der Waals surface area contributed by atoms with Crippen LogP contribution in [0, 0.1) is 19.8 Å². The number of anilines is 1. The summed E-state index contributed by atoms with van der Waals surface area (Å²) in [6, 6.07) is 6.88. The third-order valence-corrected chi connectivity index (χ3v) is 7.47. The fraction of sp³-hybridized carbons (Fsp3) is 0.375. The molecule has 5 rings (SSSR count). The minimum Gasteiger partial charge on any atom is -0.461 e. The van der Waals surface area contributed by atoms with Crippen LogP contribution in [0.3, 0.4) is 0 Å². The number of hydrogen-bond acceptors (Lipinski definition) is 10. The maximum Gasteiger partial charge on any atom is 0.302 e. The summed E-state index contributed by atoms with van der Waals surface area (Å²) in [4.78, 5) is 62.9. The van der Waals surface area contributed by atoms with E-state index in [9.17, 15) is 19.2 Å². The first-order valence-corrected chi connectivity index (χ1v) is 14.5. The molecule has 1 aliphatic heterocycles. The van der Waals surface area contributed by atoms with Crippen LogP contribution >= 0.6 is 0 Å². The summed E-state index contributed by atoms with van der Waals surface area (Å²) in [5, 5.41) is 7.95. The Balaban J connectivity index is 0.000000392. The number of carbonyl (C=O) groups is 4. The van der Waals surface area contributed by atoms with Crippen molar-refractivity contribution in [3.63, 3.8) is 0 Å². The highest BCUT2D eigenvalue weighted by Gasteiger charge is 2.33. The van der Waals surface area contributed by atoms with E-state index in [1.807, 2.05) is 33.0 Å². The van der Waals surface area contributed by atoms with Gasteiger partial charge in [-0.2, -0.15) is 5.10 Å². The van der Waals surface area contributed by atoms with E-state index in [2.05, 4.69) is 25.4 Å². The molecule has 2 atom stereocenters. The van der Waals surface area contributed by atoms with Crippen molar-refractivity contribution in [2.75, 3.05) is 18.9 Å². The summed E-state index contributed by atoms with van der Waals surface area (Å²) in [7, 11) is 7.28. The second kappa shape index (κ2) is 14.2. The Kier molecular flexibility index (Phi) is 10.4. The normalized spacial score (nSPS) is 15.7. The fourth-order valence-electron chi connectivity index (χ4n) is 5.29. The molecule has 2 radical (unpaired) electrons. The molecule has 0 aliphatic carbocycles. The molecule has 0 spiro atoms. The molecular weight excluding hydrogens is 573 g/mol. The highest BCUT2D eigenvalue weighted by atomic mass is 16.5. The van der Waals surface area contributed by atoms with E-state index in [0.717, 1.165) is 28.8 Å². The van der Waals surface area contributed by atoms with E-state index in [4.69, 9.17) is 12.6 Å². The molecule has 4 aromatic rings. The number of esters is 1. The lowest BCUT2D eigenvalue weighted by molar-refractivity contribution is -0.142. The van der Waals surface area contributed by atoms with Gasteiger partial charge in [-0.25, -0.2) is 15.0 Å². The van der Waals surface area contributed by atoms with Crippen molar-refractivity contribution in [1.29, 1.82) is 0 Å². The zero-order chi connectivity index (χ0) is 32.8. The van der Waals surface area contributed by atoms with E-state index in [-0.39, 0.29) is 36.5 Å². The van der Waals surface area contributed by atoms with Crippen LogP contribution in [0.2, 0.25) is 0 Å². The number of ketones is 1. The van der Waals surface area contributed by atoms with E-state index in [1.54, 1.807) is 36.4 Å². The number of nitrogens with zero attached hydrogens (tertiary/aromatic N) is 6. The number of carbonyl (C=O) groups excluding carboxylic acids is 4. The van der Waals surface area contributed by atoms with Gasteiger partial charge < -0.3 is 19.7 Å². The lowest BCUT2D eigenvalue weighted by Gasteiger charge is -2.21. The number of hydrogen-bond donors (Lipinski definition) is 1. The first-order chi connectivity index (χ1) is 21.4. The monoisotopic (exact) mass is 609 g/mol. The van der Waals surface area contributed by atoms with Crippen LogP contribution in [0.15, 0.2) is 36.7 Å². The Bertz CT molecular complexity index is 1740. The smallest absolute Gasteiger partial charge is 0.302 e. The number of Topliss-reactive ketones (excluding diaryl/α,β-unsaturated/α-hetero) is 1. The van der Waals surface area contributed by atoms with Crippen molar-refractivity contribution in [2.24, 2.45) is 5.92 Å². The number of likely N-dealkylation sites (tertiary alicyclic amines) is 1. The van der Waals surface area contributed by atoms with Gasteiger partial charge in [0.05, 0.1) is 11.6 Å². The van der Waals surface area contributed by atoms with Gasteiger partial charge in [-0.1, -0.05) is 19.1 Å². The number of nitrogens with one attached hydrogen (secondary N) is 1. The molecule has 45 heavy (non-hydrogen) atoms. The molecule has 1 fully saturated rings. The summed E-state index contributed by atoms with van der Waals surface area (Å²) in [5.74, 6) is 0.694. The van der Waals surface area contributed by atoms with Crippen molar-refractivity contribution >= 4 is 54.1 Å². The first kappa shape index (κ1) is 33.0. The van der Waals surface area contributed by atoms with Gasteiger partial charge in [0.15, 0.2) is 5.78 Å². The van der Waals surface area contributed by atoms with E-state index >= 15 is 0 Å². The maximum atomic E-state index is 13.2. The second-order valence-corrected chi connectivity index (χ2v) is 11.1. The average Bonchev–Trinajstić information content (AvgIpc) is 3.58. The number of aryl methyl sites for hydroxylation is 2. The minimum atomic E-state index is -0.472. The average molecular weight is 609 g/mol. The summed E-state index contributed by atoms with van der Waals surface area (Å²) in [6.07, 6.45) is 4.77. The van der Waals surface area contributed by atoms with Crippen LogP contribution in [-0.4, -0.2) is 81.1 Å².